The first-order chi connectivity index (χ1) is 8.50. The molecule has 4 N–H and O–H groups in total. The van der Waals surface area contributed by atoms with Crippen molar-refractivity contribution < 1.29 is 4.79 Å². The highest BCUT2D eigenvalue weighted by molar-refractivity contribution is 9.11. The molecule has 0 aliphatic carbocycles. The number of nitrogen functional groups attached to an aromatic ring is 2. The molecular weight excluding hydrogens is 360 g/mol. The number of carbonyl (C=O) groups excluding carboxylic acids is 1. The molecule has 5 heteroatoms. The van der Waals surface area contributed by atoms with Gasteiger partial charge in [-0.15, -0.1) is 0 Å². The van der Waals surface area contributed by atoms with Gasteiger partial charge in [0.2, 0.25) is 0 Å². The molecule has 92 valence electrons. The number of rotatable bonds is 2. The third-order valence-corrected chi connectivity index (χ3v) is 4.05. The molecule has 18 heavy (non-hydrogen) atoms. The quantitative estimate of drug-likeness (QED) is 0.627. The fraction of sp³-hybridized carbons (Fsp3) is 0. The van der Waals surface area contributed by atoms with Crippen molar-refractivity contribution in [2.75, 3.05) is 11.5 Å². The Balaban J connectivity index is 2.51. The highest BCUT2D eigenvalue weighted by Gasteiger charge is 2.16. The van der Waals surface area contributed by atoms with Crippen LogP contribution in [0.4, 0.5) is 11.4 Å². The fourth-order valence-corrected chi connectivity index (χ4v) is 2.61. The molecular formula is C13H10Br2N2O. The van der Waals surface area contributed by atoms with Crippen LogP contribution in [0.5, 0.6) is 0 Å². The van der Waals surface area contributed by atoms with Crippen molar-refractivity contribution in [1.82, 2.24) is 0 Å². The van der Waals surface area contributed by atoms with Gasteiger partial charge in [-0.1, -0.05) is 6.07 Å². The highest BCUT2D eigenvalue weighted by atomic mass is 79.9. The van der Waals surface area contributed by atoms with Gasteiger partial charge in [-0.3, -0.25) is 4.79 Å². The van der Waals surface area contributed by atoms with Crippen molar-refractivity contribution in [3.63, 3.8) is 0 Å². The van der Waals surface area contributed by atoms with Crippen molar-refractivity contribution in [2.45, 2.75) is 0 Å². The summed E-state index contributed by atoms with van der Waals surface area (Å²) in [4.78, 5) is 12.4. The van der Waals surface area contributed by atoms with Gasteiger partial charge < -0.3 is 11.5 Å². The molecule has 0 aromatic heterocycles. The van der Waals surface area contributed by atoms with Crippen molar-refractivity contribution in [3.05, 3.63) is 56.5 Å². The van der Waals surface area contributed by atoms with Gasteiger partial charge in [0.25, 0.3) is 0 Å². The summed E-state index contributed by atoms with van der Waals surface area (Å²) in [5, 5.41) is 0. The fourth-order valence-electron chi connectivity index (χ4n) is 1.59. The van der Waals surface area contributed by atoms with Crippen LogP contribution in [0.15, 0.2) is 45.3 Å². The summed E-state index contributed by atoms with van der Waals surface area (Å²) in [6, 6.07) is 10.3. The Hall–Kier alpha value is -1.33. The Morgan fingerprint density at radius 1 is 1.00 bits per heavy atom. The van der Waals surface area contributed by atoms with E-state index in [4.69, 9.17) is 11.5 Å². The Kier molecular flexibility index (Phi) is 3.73. The summed E-state index contributed by atoms with van der Waals surface area (Å²) in [5.41, 5.74) is 13.6. The lowest BCUT2D eigenvalue weighted by Crippen LogP contribution is -2.05. The first kappa shape index (κ1) is 13.1. The van der Waals surface area contributed by atoms with Crippen LogP contribution in [-0.4, -0.2) is 5.78 Å². The van der Waals surface area contributed by atoms with E-state index in [2.05, 4.69) is 31.9 Å². The predicted octanol–water partition coefficient (Wildman–Crippen LogP) is 3.61. The first-order valence-electron chi connectivity index (χ1n) is 5.14. The minimum Gasteiger partial charge on any atom is -0.399 e. The molecule has 0 amide bonds. The second-order valence-electron chi connectivity index (χ2n) is 3.78. The number of anilines is 2. The van der Waals surface area contributed by atoms with Gasteiger partial charge in [-0.25, -0.2) is 0 Å². The van der Waals surface area contributed by atoms with E-state index >= 15 is 0 Å². The summed E-state index contributed by atoms with van der Waals surface area (Å²) in [7, 11) is 0. The van der Waals surface area contributed by atoms with Crippen LogP contribution in [0.2, 0.25) is 0 Å². The van der Waals surface area contributed by atoms with Crippen LogP contribution in [0, 0.1) is 0 Å². The molecule has 0 bridgehead atoms. The van der Waals surface area contributed by atoms with E-state index in [1.54, 1.807) is 36.4 Å². The first-order valence-corrected chi connectivity index (χ1v) is 6.73. The van der Waals surface area contributed by atoms with Crippen molar-refractivity contribution >= 4 is 49.0 Å². The zero-order valence-electron chi connectivity index (χ0n) is 9.28. The molecule has 0 heterocycles. The van der Waals surface area contributed by atoms with Crippen LogP contribution >= 0.6 is 31.9 Å². The smallest absolute Gasteiger partial charge is 0.195 e. The maximum absolute atomic E-state index is 12.4. The Bertz CT molecular complexity index is 626. The molecule has 0 saturated heterocycles. The normalized spacial score (nSPS) is 10.3. The molecule has 2 aromatic carbocycles. The molecule has 0 fully saturated rings. The van der Waals surface area contributed by atoms with E-state index in [1.807, 2.05) is 0 Å². The zero-order valence-corrected chi connectivity index (χ0v) is 12.5. The molecule has 2 rings (SSSR count). The monoisotopic (exact) mass is 368 g/mol. The Morgan fingerprint density at radius 3 is 2.39 bits per heavy atom. The topological polar surface area (TPSA) is 69.1 Å². The van der Waals surface area contributed by atoms with Crippen LogP contribution < -0.4 is 11.5 Å². The highest BCUT2D eigenvalue weighted by Crippen LogP contribution is 2.29. The summed E-state index contributed by atoms with van der Waals surface area (Å²) >= 11 is 6.67. The predicted molar refractivity (Wildman–Crippen MR) is 80.5 cm³/mol. The minimum absolute atomic E-state index is 0.110. The zero-order chi connectivity index (χ0) is 13.3. The maximum Gasteiger partial charge on any atom is 0.195 e. The molecule has 0 aliphatic rings. The number of benzene rings is 2. The van der Waals surface area contributed by atoms with Crippen molar-refractivity contribution in [2.24, 2.45) is 0 Å². The third kappa shape index (κ3) is 2.42. The van der Waals surface area contributed by atoms with Crippen molar-refractivity contribution in [1.29, 1.82) is 0 Å². The van der Waals surface area contributed by atoms with Gasteiger partial charge in [0, 0.05) is 27.0 Å². The van der Waals surface area contributed by atoms with Gasteiger partial charge in [-0.2, -0.15) is 0 Å². The molecule has 0 radical (unpaired) electrons. The van der Waals surface area contributed by atoms with Gasteiger partial charge >= 0.3 is 0 Å². The standard InChI is InChI=1S/C13H10Br2N2O/c14-10-6-7(16)4-5-8(10)13(18)9-2-1-3-11(17)12(9)15/h1-6H,16-17H2. The van der Waals surface area contributed by atoms with Crippen LogP contribution in [0.25, 0.3) is 0 Å². The lowest BCUT2D eigenvalue weighted by Gasteiger charge is -2.08. The summed E-state index contributed by atoms with van der Waals surface area (Å²) in [6.07, 6.45) is 0. The number of carbonyl (C=O) groups is 1. The molecule has 0 unspecified atom stereocenters. The Labute approximate surface area is 121 Å². The maximum atomic E-state index is 12.4. The molecule has 3 nitrogen and oxygen atoms in total. The lowest BCUT2D eigenvalue weighted by molar-refractivity contribution is 0.103. The number of hydrogen-bond acceptors (Lipinski definition) is 3. The van der Waals surface area contributed by atoms with E-state index in [0.717, 1.165) is 0 Å². The van der Waals surface area contributed by atoms with Crippen LogP contribution in [0.1, 0.15) is 15.9 Å². The molecule has 0 spiro atoms. The molecule has 2 aromatic rings. The van der Waals surface area contributed by atoms with Crippen LogP contribution in [0.3, 0.4) is 0 Å². The summed E-state index contributed by atoms with van der Waals surface area (Å²) in [5.74, 6) is -0.110. The molecule has 0 aliphatic heterocycles. The number of halogens is 2. The van der Waals surface area contributed by atoms with E-state index < -0.39 is 0 Å². The van der Waals surface area contributed by atoms with Gasteiger partial charge in [0.15, 0.2) is 5.78 Å². The van der Waals surface area contributed by atoms with E-state index in [-0.39, 0.29) is 5.78 Å². The summed E-state index contributed by atoms with van der Waals surface area (Å²) in [6.45, 7) is 0. The van der Waals surface area contributed by atoms with Gasteiger partial charge in [0.05, 0.1) is 4.47 Å². The molecule has 0 saturated carbocycles. The van der Waals surface area contributed by atoms with Crippen LogP contribution in [-0.2, 0) is 0 Å². The average Bonchev–Trinajstić information content (AvgIpc) is 2.32. The second-order valence-corrected chi connectivity index (χ2v) is 5.42. The van der Waals surface area contributed by atoms with E-state index in [0.29, 0.717) is 31.4 Å². The Morgan fingerprint density at radius 2 is 1.72 bits per heavy atom. The molecule has 0 atom stereocenters. The van der Waals surface area contributed by atoms with Gasteiger partial charge in [0.1, 0.15) is 0 Å². The second kappa shape index (κ2) is 5.12. The number of ketones is 1. The van der Waals surface area contributed by atoms with Crippen molar-refractivity contribution in [3.8, 4) is 0 Å². The third-order valence-electron chi connectivity index (χ3n) is 2.51. The summed E-state index contributed by atoms with van der Waals surface area (Å²) < 4.78 is 1.28. The van der Waals surface area contributed by atoms with Gasteiger partial charge in [-0.05, 0) is 62.2 Å². The minimum atomic E-state index is -0.110. The SMILES string of the molecule is Nc1ccc(C(=O)c2cccc(N)c2Br)c(Br)c1. The van der Waals surface area contributed by atoms with E-state index in [9.17, 15) is 4.79 Å². The van der Waals surface area contributed by atoms with E-state index in [1.165, 1.54) is 0 Å². The number of hydrogen-bond donors (Lipinski definition) is 2. The largest absolute Gasteiger partial charge is 0.399 e. The number of nitrogens with two attached hydrogens (primary N) is 2. The lowest BCUT2D eigenvalue weighted by atomic mass is 10.0. The average molecular weight is 370 g/mol.